The zero-order chi connectivity index (χ0) is 22.9. The maximum Gasteiger partial charge on any atom is 0.410 e. The third-order valence-corrected chi connectivity index (χ3v) is 5.79. The summed E-state index contributed by atoms with van der Waals surface area (Å²) in [6.45, 7) is 8.48. The standard InChI is InChI=1S/C24H28BrN5O2/c1-24(2,3)32-23(31)30-12-10-29(11-13-30)18-7-5-17(6-8-18)28-22-19-14-16(25)4-9-21(19)27-15-20(22)26/h4-9,14-15H,10-13,26H2,1-3H3,(H,27,28). The van der Waals surface area contributed by atoms with Crippen molar-refractivity contribution in [3.05, 3.63) is 53.1 Å². The number of carbonyl (C=O) groups excluding carboxylic acids is 1. The monoisotopic (exact) mass is 497 g/mol. The zero-order valence-corrected chi connectivity index (χ0v) is 20.1. The van der Waals surface area contributed by atoms with Crippen LogP contribution >= 0.6 is 15.9 Å². The molecule has 7 nitrogen and oxygen atoms in total. The molecule has 1 aliphatic rings. The minimum Gasteiger partial charge on any atom is -0.444 e. The van der Waals surface area contributed by atoms with Gasteiger partial charge in [0.15, 0.2) is 0 Å². The highest BCUT2D eigenvalue weighted by molar-refractivity contribution is 9.10. The molecule has 168 valence electrons. The molecule has 0 aliphatic carbocycles. The topological polar surface area (TPSA) is 83.7 Å². The number of hydrogen-bond acceptors (Lipinski definition) is 6. The van der Waals surface area contributed by atoms with E-state index in [9.17, 15) is 4.79 Å². The molecule has 8 heteroatoms. The predicted molar refractivity (Wildman–Crippen MR) is 134 cm³/mol. The molecule has 32 heavy (non-hydrogen) atoms. The molecule has 0 atom stereocenters. The maximum absolute atomic E-state index is 12.3. The highest BCUT2D eigenvalue weighted by Gasteiger charge is 2.25. The molecule has 1 fully saturated rings. The van der Waals surface area contributed by atoms with Crippen LogP contribution in [0.5, 0.6) is 0 Å². The Morgan fingerprint density at radius 1 is 1.09 bits per heavy atom. The second kappa shape index (κ2) is 8.86. The van der Waals surface area contributed by atoms with E-state index >= 15 is 0 Å². The number of rotatable bonds is 3. The summed E-state index contributed by atoms with van der Waals surface area (Å²) in [6, 6.07) is 14.2. The Morgan fingerprint density at radius 3 is 2.44 bits per heavy atom. The zero-order valence-electron chi connectivity index (χ0n) is 18.6. The molecule has 0 unspecified atom stereocenters. The van der Waals surface area contributed by atoms with Gasteiger partial charge in [-0.05, 0) is 63.2 Å². The van der Waals surface area contributed by atoms with Crippen molar-refractivity contribution < 1.29 is 9.53 Å². The van der Waals surface area contributed by atoms with Gasteiger partial charge in [0.25, 0.3) is 0 Å². The number of amides is 1. The molecule has 4 rings (SSSR count). The van der Waals surface area contributed by atoms with Gasteiger partial charge in [-0.15, -0.1) is 0 Å². The first-order valence-corrected chi connectivity index (χ1v) is 11.4. The van der Waals surface area contributed by atoms with Crippen molar-refractivity contribution >= 4 is 55.7 Å². The van der Waals surface area contributed by atoms with Gasteiger partial charge < -0.3 is 25.6 Å². The maximum atomic E-state index is 12.3. The number of nitrogens with two attached hydrogens (primary N) is 1. The van der Waals surface area contributed by atoms with Crippen molar-refractivity contribution in [2.75, 3.05) is 42.1 Å². The summed E-state index contributed by atoms with van der Waals surface area (Å²) >= 11 is 3.52. The fourth-order valence-electron chi connectivity index (χ4n) is 3.69. The number of pyridine rings is 1. The highest BCUT2D eigenvalue weighted by Crippen LogP contribution is 2.33. The van der Waals surface area contributed by atoms with Crippen LogP contribution < -0.4 is 16.0 Å². The van der Waals surface area contributed by atoms with Crippen molar-refractivity contribution in [3.8, 4) is 0 Å². The molecular weight excluding hydrogens is 470 g/mol. The third-order valence-electron chi connectivity index (χ3n) is 5.29. The lowest BCUT2D eigenvalue weighted by Gasteiger charge is -2.36. The molecule has 3 aromatic rings. The molecule has 0 bridgehead atoms. The van der Waals surface area contributed by atoms with Crippen molar-refractivity contribution in [2.45, 2.75) is 26.4 Å². The van der Waals surface area contributed by atoms with Crippen LogP contribution in [0, 0.1) is 0 Å². The molecule has 2 aromatic carbocycles. The van der Waals surface area contributed by atoms with E-state index in [1.165, 1.54) is 0 Å². The van der Waals surface area contributed by atoms with Crippen LogP contribution in [-0.4, -0.2) is 47.8 Å². The number of nitrogens with one attached hydrogen (secondary N) is 1. The SMILES string of the molecule is CC(C)(C)OC(=O)N1CCN(c2ccc(Nc3c(N)cnc4ccc(Br)cc34)cc2)CC1. The van der Waals surface area contributed by atoms with Crippen LogP contribution in [0.4, 0.5) is 27.5 Å². The number of carbonyl (C=O) groups is 1. The molecule has 1 saturated heterocycles. The molecule has 3 N–H and O–H groups in total. The number of aromatic nitrogens is 1. The van der Waals surface area contributed by atoms with Gasteiger partial charge in [-0.1, -0.05) is 15.9 Å². The molecule has 0 radical (unpaired) electrons. The molecular formula is C24H28BrN5O2. The van der Waals surface area contributed by atoms with Crippen LogP contribution in [0.3, 0.4) is 0 Å². The van der Waals surface area contributed by atoms with Gasteiger partial charge in [0.05, 0.1) is 23.1 Å². The van der Waals surface area contributed by atoms with Crippen molar-refractivity contribution in [2.24, 2.45) is 0 Å². The average Bonchev–Trinajstić information content (AvgIpc) is 2.75. The van der Waals surface area contributed by atoms with Gasteiger partial charge >= 0.3 is 6.09 Å². The fraction of sp³-hybridized carbons (Fsp3) is 0.333. The summed E-state index contributed by atoms with van der Waals surface area (Å²) in [5, 5.41) is 4.40. The summed E-state index contributed by atoms with van der Waals surface area (Å²) in [7, 11) is 0. The van der Waals surface area contributed by atoms with Crippen molar-refractivity contribution in [1.82, 2.24) is 9.88 Å². The van der Waals surface area contributed by atoms with Gasteiger partial charge in [0.1, 0.15) is 5.60 Å². The Kier molecular flexibility index (Phi) is 6.15. The van der Waals surface area contributed by atoms with Gasteiger partial charge in [-0.2, -0.15) is 0 Å². The Hall–Kier alpha value is -3.00. The van der Waals surface area contributed by atoms with E-state index in [0.717, 1.165) is 45.5 Å². The molecule has 0 spiro atoms. The number of benzene rings is 2. The number of fused-ring (bicyclic) bond motifs is 1. The number of nitrogens with zero attached hydrogens (tertiary/aromatic N) is 3. The Bertz CT molecular complexity index is 1110. The minimum atomic E-state index is -0.476. The van der Waals surface area contributed by atoms with Crippen LogP contribution in [0.2, 0.25) is 0 Å². The van der Waals surface area contributed by atoms with Crippen LogP contribution in [-0.2, 0) is 4.74 Å². The number of anilines is 4. The first-order valence-electron chi connectivity index (χ1n) is 10.6. The van der Waals surface area contributed by atoms with Crippen LogP contribution in [0.25, 0.3) is 10.9 Å². The van der Waals surface area contributed by atoms with Gasteiger partial charge in [-0.3, -0.25) is 4.98 Å². The van der Waals surface area contributed by atoms with E-state index in [0.29, 0.717) is 18.8 Å². The van der Waals surface area contributed by atoms with E-state index in [1.54, 1.807) is 11.1 Å². The van der Waals surface area contributed by atoms with Crippen molar-refractivity contribution in [1.29, 1.82) is 0 Å². The second-order valence-corrected chi connectivity index (χ2v) is 9.79. The highest BCUT2D eigenvalue weighted by atomic mass is 79.9. The molecule has 1 aliphatic heterocycles. The van der Waals surface area contributed by atoms with Crippen LogP contribution in [0.15, 0.2) is 53.1 Å². The molecule has 2 heterocycles. The first-order chi connectivity index (χ1) is 15.2. The van der Waals surface area contributed by atoms with Gasteiger partial charge in [-0.25, -0.2) is 4.79 Å². The third kappa shape index (κ3) is 5.07. The fourth-order valence-corrected chi connectivity index (χ4v) is 4.05. The second-order valence-electron chi connectivity index (χ2n) is 8.88. The van der Waals surface area contributed by atoms with Crippen molar-refractivity contribution in [3.63, 3.8) is 0 Å². The lowest BCUT2D eigenvalue weighted by atomic mass is 10.1. The number of hydrogen-bond donors (Lipinski definition) is 2. The number of nitrogen functional groups attached to an aromatic ring is 1. The summed E-state index contributed by atoms with van der Waals surface area (Å²) in [5.74, 6) is 0. The number of ether oxygens (including phenoxy) is 1. The lowest BCUT2D eigenvalue weighted by Crippen LogP contribution is -2.50. The van der Waals surface area contributed by atoms with Crippen LogP contribution in [0.1, 0.15) is 20.8 Å². The van der Waals surface area contributed by atoms with E-state index in [2.05, 4.69) is 43.3 Å². The van der Waals surface area contributed by atoms with Gasteiger partial charge in [0, 0.05) is 47.4 Å². The number of halogens is 1. The van der Waals surface area contributed by atoms with E-state index < -0.39 is 5.60 Å². The Balaban J connectivity index is 1.43. The smallest absolute Gasteiger partial charge is 0.410 e. The largest absolute Gasteiger partial charge is 0.444 e. The Morgan fingerprint density at radius 2 is 1.78 bits per heavy atom. The molecule has 0 saturated carbocycles. The van der Waals surface area contributed by atoms with E-state index in [4.69, 9.17) is 10.5 Å². The van der Waals surface area contributed by atoms with E-state index in [1.807, 2.05) is 51.1 Å². The number of piperazine rings is 1. The predicted octanol–water partition coefficient (Wildman–Crippen LogP) is 5.38. The van der Waals surface area contributed by atoms with Gasteiger partial charge in [0.2, 0.25) is 0 Å². The minimum absolute atomic E-state index is 0.245. The first kappa shape index (κ1) is 22.2. The summed E-state index contributed by atoms with van der Waals surface area (Å²) in [6.07, 6.45) is 1.43. The summed E-state index contributed by atoms with van der Waals surface area (Å²) < 4.78 is 6.45. The quantitative estimate of drug-likeness (QED) is 0.505. The normalized spacial score (nSPS) is 14.5. The average molecular weight is 498 g/mol. The molecule has 1 aromatic heterocycles. The summed E-state index contributed by atoms with van der Waals surface area (Å²) in [5.41, 5.74) is 10.1. The summed E-state index contributed by atoms with van der Waals surface area (Å²) in [4.78, 5) is 20.7. The Labute approximate surface area is 196 Å². The molecule has 1 amide bonds. The van der Waals surface area contributed by atoms with E-state index in [-0.39, 0.29) is 6.09 Å². The lowest BCUT2D eigenvalue weighted by molar-refractivity contribution is 0.0240.